The third-order valence-electron chi connectivity index (χ3n) is 5.01. The molecule has 3 aromatic rings. The third kappa shape index (κ3) is 3.67. The van der Waals surface area contributed by atoms with Gasteiger partial charge in [-0.15, -0.1) is 0 Å². The smallest absolute Gasteiger partial charge is 0.274 e. The number of methoxy groups -OCH3 is 1. The second-order valence-corrected chi connectivity index (χ2v) is 6.76. The van der Waals surface area contributed by atoms with Crippen molar-refractivity contribution in [3.05, 3.63) is 102 Å². The van der Waals surface area contributed by atoms with Crippen molar-refractivity contribution in [1.29, 1.82) is 0 Å². The van der Waals surface area contributed by atoms with Gasteiger partial charge in [0.2, 0.25) is 0 Å². The monoisotopic (exact) mass is 370 g/mol. The van der Waals surface area contributed by atoms with E-state index >= 15 is 0 Å². The van der Waals surface area contributed by atoms with Gasteiger partial charge < -0.3 is 4.74 Å². The van der Waals surface area contributed by atoms with Gasteiger partial charge in [-0.1, -0.05) is 60.7 Å². The molecule has 0 bridgehead atoms. The van der Waals surface area contributed by atoms with E-state index < -0.39 is 0 Å². The van der Waals surface area contributed by atoms with E-state index in [-0.39, 0.29) is 11.9 Å². The lowest BCUT2D eigenvalue weighted by atomic mass is 9.95. The van der Waals surface area contributed by atoms with Crippen LogP contribution in [0.2, 0.25) is 0 Å². The number of hydrogen-bond acceptors (Lipinski definition) is 3. The average molecular weight is 370 g/mol. The Morgan fingerprint density at radius 1 is 0.929 bits per heavy atom. The molecule has 1 aliphatic rings. The molecule has 3 aromatic carbocycles. The molecule has 0 aromatic heterocycles. The molecule has 0 aliphatic carbocycles. The third-order valence-corrected chi connectivity index (χ3v) is 5.01. The van der Waals surface area contributed by atoms with Gasteiger partial charge in [0, 0.05) is 5.56 Å². The van der Waals surface area contributed by atoms with Gasteiger partial charge in [-0.2, -0.15) is 5.10 Å². The Labute approximate surface area is 165 Å². The number of amides is 1. The zero-order chi connectivity index (χ0) is 19.3. The number of hydrogen-bond donors (Lipinski definition) is 0. The Bertz CT molecular complexity index is 967. The van der Waals surface area contributed by atoms with E-state index in [2.05, 4.69) is 0 Å². The van der Waals surface area contributed by atoms with Crippen molar-refractivity contribution >= 4 is 11.6 Å². The molecule has 28 heavy (non-hydrogen) atoms. The maximum Gasteiger partial charge on any atom is 0.274 e. The number of carbonyl (C=O) groups is 1. The second-order valence-electron chi connectivity index (χ2n) is 6.76. The fourth-order valence-electron chi connectivity index (χ4n) is 3.51. The highest BCUT2D eigenvalue weighted by Crippen LogP contribution is 2.33. The van der Waals surface area contributed by atoms with Gasteiger partial charge in [-0.05, 0) is 48.2 Å². The number of nitrogens with zero attached hydrogens (tertiary/aromatic N) is 2. The molecule has 1 atom stereocenters. The number of carbonyl (C=O) groups excluding carboxylic acids is 1. The van der Waals surface area contributed by atoms with Crippen LogP contribution in [0, 0.1) is 0 Å². The molecule has 4 rings (SSSR count). The van der Waals surface area contributed by atoms with Gasteiger partial charge >= 0.3 is 0 Å². The first-order valence-corrected chi connectivity index (χ1v) is 9.42. The summed E-state index contributed by atoms with van der Waals surface area (Å²) in [5, 5.41) is 6.44. The molecule has 0 fully saturated rings. The normalized spacial score (nSPS) is 16.4. The molecule has 0 spiro atoms. The molecule has 1 unspecified atom stereocenters. The Balaban J connectivity index is 1.73. The van der Waals surface area contributed by atoms with Crippen molar-refractivity contribution in [2.24, 2.45) is 5.10 Å². The molecule has 1 heterocycles. The predicted octanol–water partition coefficient (Wildman–Crippen LogP) is 5.08. The van der Waals surface area contributed by atoms with E-state index in [0.29, 0.717) is 5.56 Å². The fourth-order valence-corrected chi connectivity index (χ4v) is 3.51. The van der Waals surface area contributed by atoms with Crippen LogP contribution in [0.5, 0.6) is 5.75 Å². The summed E-state index contributed by atoms with van der Waals surface area (Å²) in [5.74, 6) is 0.712. The van der Waals surface area contributed by atoms with Crippen molar-refractivity contribution in [3.8, 4) is 5.75 Å². The van der Waals surface area contributed by atoms with Gasteiger partial charge in [-0.25, -0.2) is 5.01 Å². The Morgan fingerprint density at radius 3 is 2.21 bits per heavy atom. The summed E-state index contributed by atoms with van der Waals surface area (Å²) < 4.78 is 5.27. The fraction of sp³-hybridized carbons (Fsp3) is 0.167. The SMILES string of the molecule is COc1ccc(C2CCC(c3ccccc3)=NN2C(=O)c2ccccc2)cc1. The number of ether oxygens (including phenoxy) is 1. The minimum absolute atomic E-state index is 0.0884. The molecule has 0 N–H and O–H groups in total. The quantitative estimate of drug-likeness (QED) is 0.643. The number of hydrazone groups is 1. The van der Waals surface area contributed by atoms with Crippen molar-refractivity contribution in [1.82, 2.24) is 5.01 Å². The summed E-state index contributed by atoms with van der Waals surface area (Å²) >= 11 is 0. The van der Waals surface area contributed by atoms with E-state index in [1.807, 2.05) is 84.9 Å². The molecule has 0 saturated carbocycles. The minimum Gasteiger partial charge on any atom is -0.497 e. The molecule has 140 valence electrons. The lowest BCUT2D eigenvalue weighted by Crippen LogP contribution is -2.35. The molecular formula is C24H22N2O2. The average Bonchev–Trinajstić information content (AvgIpc) is 2.79. The lowest BCUT2D eigenvalue weighted by Gasteiger charge is -2.33. The predicted molar refractivity (Wildman–Crippen MR) is 111 cm³/mol. The topological polar surface area (TPSA) is 41.9 Å². The molecule has 4 heteroatoms. The highest BCUT2D eigenvalue weighted by molar-refractivity contribution is 6.03. The van der Waals surface area contributed by atoms with E-state index in [1.165, 1.54) is 0 Å². The summed E-state index contributed by atoms with van der Waals surface area (Å²) in [4.78, 5) is 13.3. The summed E-state index contributed by atoms with van der Waals surface area (Å²) in [6, 6.07) is 27.2. The van der Waals surface area contributed by atoms with Crippen molar-refractivity contribution in [2.75, 3.05) is 7.11 Å². The highest BCUT2D eigenvalue weighted by atomic mass is 16.5. The maximum atomic E-state index is 13.3. The molecule has 1 amide bonds. The largest absolute Gasteiger partial charge is 0.497 e. The second kappa shape index (κ2) is 8.09. The Morgan fingerprint density at radius 2 is 1.57 bits per heavy atom. The maximum absolute atomic E-state index is 13.3. The molecule has 1 aliphatic heterocycles. The van der Waals surface area contributed by atoms with Gasteiger partial charge in [0.1, 0.15) is 5.75 Å². The van der Waals surface area contributed by atoms with Crippen LogP contribution in [-0.4, -0.2) is 23.7 Å². The van der Waals surface area contributed by atoms with Crippen LogP contribution in [0.1, 0.15) is 40.4 Å². The van der Waals surface area contributed by atoms with E-state index in [1.54, 1.807) is 12.1 Å². The summed E-state index contributed by atoms with van der Waals surface area (Å²) in [6.07, 6.45) is 1.64. The highest BCUT2D eigenvalue weighted by Gasteiger charge is 2.30. The van der Waals surface area contributed by atoms with Gasteiger partial charge in [-0.3, -0.25) is 4.79 Å². The van der Waals surface area contributed by atoms with E-state index in [4.69, 9.17) is 9.84 Å². The Kier molecular flexibility index (Phi) is 5.20. The van der Waals surface area contributed by atoms with Crippen molar-refractivity contribution in [3.63, 3.8) is 0 Å². The molecule has 0 saturated heterocycles. The van der Waals surface area contributed by atoms with Crippen molar-refractivity contribution < 1.29 is 9.53 Å². The van der Waals surface area contributed by atoms with Gasteiger partial charge in [0.25, 0.3) is 5.91 Å². The van der Waals surface area contributed by atoms with Crippen LogP contribution in [0.3, 0.4) is 0 Å². The first-order chi connectivity index (χ1) is 13.8. The number of rotatable bonds is 4. The molecule has 0 radical (unpaired) electrons. The Hall–Kier alpha value is -3.40. The van der Waals surface area contributed by atoms with Crippen LogP contribution in [-0.2, 0) is 0 Å². The van der Waals surface area contributed by atoms with E-state index in [9.17, 15) is 4.79 Å². The van der Waals surface area contributed by atoms with Crippen molar-refractivity contribution in [2.45, 2.75) is 18.9 Å². The van der Waals surface area contributed by atoms with Crippen LogP contribution >= 0.6 is 0 Å². The minimum atomic E-state index is -0.105. The lowest BCUT2D eigenvalue weighted by molar-refractivity contribution is 0.0660. The first kappa shape index (κ1) is 18.0. The van der Waals surface area contributed by atoms with Crippen LogP contribution in [0.25, 0.3) is 0 Å². The van der Waals surface area contributed by atoms with Gasteiger partial charge in [0.15, 0.2) is 0 Å². The number of benzene rings is 3. The standard InChI is InChI=1S/C24H22N2O2/c1-28-21-14-12-19(13-15-21)23-17-16-22(18-8-4-2-5-9-18)25-26(23)24(27)20-10-6-3-7-11-20/h2-15,23H,16-17H2,1H3. The van der Waals surface area contributed by atoms with Gasteiger partial charge in [0.05, 0.1) is 18.9 Å². The van der Waals surface area contributed by atoms with Crippen LogP contribution in [0.15, 0.2) is 90.0 Å². The summed E-state index contributed by atoms with van der Waals surface area (Å²) in [7, 11) is 1.65. The van der Waals surface area contributed by atoms with E-state index in [0.717, 1.165) is 35.4 Å². The molecular weight excluding hydrogens is 348 g/mol. The zero-order valence-electron chi connectivity index (χ0n) is 15.8. The van der Waals surface area contributed by atoms with Crippen LogP contribution < -0.4 is 4.74 Å². The first-order valence-electron chi connectivity index (χ1n) is 9.42. The zero-order valence-corrected chi connectivity index (χ0v) is 15.8. The summed E-state index contributed by atoms with van der Waals surface area (Å²) in [6.45, 7) is 0. The summed E-state index contributed by atoms with van der Waals surface area (Å²) in [5.41, 5.74) is 3.69. The van der Waals surface area contributed by atoms with Crippen LogP contribution in [0.4, 0.5) is 0 Å². The molecule has 4 nitrogen and oxygen atoms in total.